The molecule has 112 valence electrons. The van der Waals surface area contributed by atoms with E-state index in [1.807, 2.05) is 13.0 Å². The van der Waals surface area contributed by atoms with E-state index < -0.39 is 10.0 Å². The van der Waals surface area contributed by atoms with Gasteiger partial charge in [0, 0.05) is 6.07 Å². The predicted octanol–water partition coefficient (Wildman–Crippen LogP) is 2.11. The maximum Gasteiger partial charge on any atom is 0.240 e. The van der Waals surface area contributed by atoms with Crippen molar-refractivity contribution in [1.82, 2.24) is 0 Å². The Balaban J connectivity index is 2.31. The Hall–Kier alpha value is -2.25. The molecule has 21 heavy (non-hydrogen) atoms. The number of sulfonamides is 1. The van der Waals surface area contributed by atoms with Crippen molar-refractivity contribution >= 4 is 15.7 Å². The van der Waals surface area contributed by atoms with Gasteiger partial charge in [-0.05, 0) is 31.2 Å². The molecule has 0 aliphatic carbocycles. The second-order valence-electron chi connectivity index (χ2n) is 4.23. The molecule has 0 saturated carbocycles. The van der Waals surface area contributed by atoms with Crippen molar-refractivity contribution in [3.05, 3.63) is 42.5 Å². The number of ether oxygens (including phenoxy) is 2. The van der Waals surface area contributed by atoms with E-state index in [2.05, 4.69) is 0 Å². The summed E-state index contributed by atoms with van der Waals surface area (Å²) in [5.74, 6) is 1.50. The van der Waals surface area contributed by atoms with Crippen molar-refractivity contribution in [2.24, 2.45) is 5.14 Å². The van der Waals surface area contributed by atoms with Gasteiger partial charge >= 0.3 is 0 Å². The lowest BCUT2D eigenvalue weighted by Gasteiger charge is -2.12. The summed E-state index contributed by atoms with van der Waals surface area (Å²) in [5, 5.41) is 5.06. The van der Waals surface area contributed by atoms with Crippen LogP contribution in [-0.2, 0) is 10.0 Å². The Morgan fingerprint density at radius 1 is 1.10 bits per heavy atom. The number of hydrogen-bond donors (Lipinski definition) is 2. The zero-order valence-corrected chi connectivity index (χ0v) is 12.3. The minimum atomic E-state index is -3.85. The van der Waals surface area contributed by atoms with Gasteiger partial charge in [-0.25, -0.2) is 13.6 Å². The average Bonchev–Trinajstić information content (AvgIpc) is 2.40. The molecule has 0 saturated heterocycles. The Morgan fingerprint density at radius 3 is 2.33 bits per heavy atom. The van der Waals surface area contributed by atoms with Gasteiger partial charge in [-0.15, -0.1) is 0 Å². The highest BCUT2D eigenvalue weighted by Crippen LogP contribution is 2.33. The second-order valence-corrected chi connectivity index (χ2v) is 5.76. The van der Waals surface area contributed by atoms with E-state index in [-0.39, 0.29) is 10.6 Å². The first-order valence-electron chi connectivity index (χ1n) is 6.24. The zero-order chi connectivity index (χ0) is 15.5. The minimum absolute atomic E-state index is 0.0314. The Labute approximate surface area is 123 Å². The Kier molecular flexibility index (Phi) is 4.35. The summed E-state index contributed by atoms with van der Waals surface area (Å²) in [4.78, 5) is -0.132. The van der Waals surface area contributed by atoms with Gasteiger partial charge in [0.15, 0.2) is 11.5 Å². The van der Waals surface area contributed by atoms with Gasteiger partial charge in [0.1, 0.15) is 10.6 Å². The smallest absolute Gasteiger partial charge is 0.240 e. The van der Waals surface area contributed by atoms with Crippen LogP contribution in [-0.4, -0.2) is 15.0 Å². The van der Waals surface area contributed by atoms with Crippen LogP contribution < -0.4 is 20.3 Å². The first kappa shape index (κ1) is 15.1. The third-order valence-electron chi connectivity index (χ3n) is 2.66. The molecule has 2 aromatic carbocycles. The molecule has 6 nitrogen and oxygen atoms in total. The molecule has 7 heteroatoms. The largest absolute Gasteiger partial charge is 0.490 e. The van der Waals surface area contributed by atoms with Gasteiger partial charge in [-0.2, -0.15) is 0 Å². The number of para-hydroxylation sites is 2. The standard InChI is InChI=1S/C14H16N2O4S/c1-2-19-12-5-3-4-6-13(12)20-10-7-8-14(11(15)9-10)21(16,17)18/h3-9H,2,15H2,1H3,(H2,16,17,18). The van der Waals surface area contributed by atoms with E-state index in [0.717, 1.165) is 0 Å². The first-order valence-corrected chi connectivity index (χ1v) is 7.78. The monoisotopic (exact) mass is 308 g/mol. The van der Waals surface area contributed by atoms with Crippen LogP contribution in [0.1, 0.15) is 6.92 Å². The third-order valence-corrected chi connectivity index (χ3v) is 3.65. The van der Waals surface area contributed by atoms with Crippen molar-refractivity contribution in [3.8, 4) is 17.2 Å². The van der Waals surface area contributed by atoms with E-state index in [1.54, 1.807) is 18.2 Å². The highest BCUT2D eigenvalue weighted by Gasteiger charge is 2.13. The second kappa shape index (κ2) is 6.02. The normalized spacial score (nSPS) is 11.1. The summed E-state index contributed by atoms with van der Waals surface area (Å²) in [6.07, 6.45) is 0. The molecule has 0 spiro atoms. The third kappa shape index (κ3) is 3.65. The van der Waals surface area contributed by atoms with E-state index in [0.29, 0.717) is 23.9 Å². The van der Waals surface area contributed by atoms with E-state index >= 15 is 0 Å². The number of benzene rings is 2. The fourth-order valence-corrected chi connectivity index (χ4v) is 2.43. The molecule has 0 unspecified atom stereocenters. The van der Waals surface area contributed by atoms with Crippen molar-refractivity contribution in [1.29, 1.82) is 0 Å². The van der Waals surface area contributed by atoms with Gasteiger partial charge in [-0.3, -0.25) is 0 Å². The van der Waals surface area contributed by atoms with Crippen LogP contribution in [0.25, 0.3) is 0 Å². The van der Waals surface area contributed by atoms with E-state index in [9.17, 15) is 8.42 Å². The lowest BCUT2D eigenvalue weighted by molar-refractivity contribution is 0.321. The van der Waals surface area contributed by atoms with Crippen LogP contribution in [0.2, 0.25) is 0 Å². The van der Waals surface area contributed by atoms with Gasteiger partial charge in [0.25, 0.3) is 0 Å². The number of nitrogen functional groups attached to an aromatic ring is 1. The van der Waals surface area contributed by atoms with Crippen LogP contribution >= 0.6 is 0 Å². The number of anilines is 1. The van der Waals surface area contributed by atoms with E-state index in [4.69, 9.17) is 20.3 Å². The molecule has 0 radical (unpaired) electrons. The van der Waals surface area contributed by atoms with Crippen LogP contribution in [0.4, 0.5) is 5.69 Å². The number of rotatable bonds is 5. The van der Waals surface area contributed by atoms with Gasteiger partial charge < -0.3 is 15.2 Å². The SMILES string of the molecule is CCOc1ccccc1Oc1ccc(S(N)(=O)=O)c(N)c1. The van der Waals surface area contributed by atoms with Gasteiger partial charge in [0.05, 0.1) is 12.3 Å². The van der Waals surface area contributed by atoms with Crippen molar-refractivity contribution in [3.63, 3.8) is 0 Å². The maximum absolute atomic E-state index is 11.3. The molecular formula is C14H16N2O4S. The highest BCUT2D eigenvalue weighted by molar-refractivity contribution is 7.89. The number of hydrogen-bond acceptors (Lipinski definition) is 5. The average molecular weight is 308 g/mol. The topological polar surface area (TPSA) is 105 Å². The zero-order valence-electron chi connectivity index (χ0n) is 11.4. The summed E-state index contributed by atoms with van der Waals surface area (Å²) in [7, 11) is -3.85. The van der Waals surface area contributed by atoms with Crippen molar-refractivity contribution < 1.29 is 17.9 Å². The van der Waals surface area contributed by atoms with Gasteiger partial charge in [0.2, 0.25) is 10.0 Å². The van der Waals surface area contributed by atoms with Crippen LogP contribution in [0.5, 0.6) is 17.2 Å². The molecule has 0 aliphatic rings. The summed E-state index contributed by atoms with van der Waals surface area (Å²) in [5.41, 5.74) is 5.72. The molecule has 0 aromatic heterocycles. The summed E-state index contributed by atoms with van der Waals surface area (Å²) in [6.45, 7) is 2.38. The molecule has 2 aromatic rings. The highest BCUT2D eigenvalue weighted by atomic mass is 32.2. The lowest BCUT2D eigenvalue weighted by atomic mass is 10.3. The quantitative estimate of drug-likeness (QED) is 0.823. The van der Waals surface area contributed by atoms with E-state index in [1.165, 1.54) is 18.2 Å². The number of nitrogens with two attached hydrogens (primary N) is 2. The molecular weight excluding hydrogens is 292 g/mol. The van der Waals surface area contributed by atoms with Crippen LogP contribution in [0.15, 0.2) is 47.4 Å². The summed E-state index contributed by atoms with van der Waals surface area (Å²) >= 11 is 0. The Bertz CT molecular complexity index is 744. The lowest BCUT2D eigenvalue weighted by Crippen LogP contribution is -2.14. The van der Waals surface area contributed by atoms with Gasteiger partial charge in [-0.1, -0.05) is 12.1 Å². The maximum atomic E-state index is 11.3. The van der Waals surface area contributed by atoms with Crippen LogP contribution in [0.3, 0.4) is 0 Å². The first-order chi connectivity index (χ1) is 9.91. The molecule has 4 N–H and O–H groups in total. The summed E-state index contributed by atoms with van der Waals surface area (Å²) in [6, 6.07) is 11.4. The molecule has 0 atom stereocenters. The van der Waals surface area contributed by atoms with Crippen molar-refractivity contribution in [2.45, 2.75) is 11.8 Å². The fraction of sp³-hybridized carbons (Fsp3) is 0.143. The molecule has 0 bridgehead atoms. The predicted molar refractivity (Wildman–Crippen MR) is 79.9 cm³/mol. The summed E-state index contributed by atoms with van der Waals surface area (Å²) < 4.78 is 33.7. The Morgan fingerprint density at radius 2 is 1.76 bits per heavy atom. The van der Waals surface area contributed by atoms with Crippen LogP contribution in [0, 0.1) is 0 Å². The minimum Gasteiger partial charge on any atom is -0.490 e. The molecule has 0 heterocycles. The van der Waals surface area contributed by atoms with Crippen molar-refractivity contribution in [2.75, 3.05) is 12.3 Å². The molecule has 0 amide bonds. The number of primary sulfonamides is 1. The molecule has 0 fully saturated rings. The fourth-order valence-electron chi connectivity index (χ4n) is 1.79. The molecule has 0 aliphatic heterocycles. The molecule has 2 rings (SSSR count).